The number of ether oxygens (including phenoxy) is 1. The maximum absolute atomic E-state index is 5.17. The maximum Gasteiger partial charge on any atom is 0.160 e. The van der Waals surface area contributed by atoms with Crippen molar-refractivity contribution in [2.24, 2.45) is 0 Å². The average Bonchev–Trinajstić information content (AvgIpc) is 2.96. The van der Waals surface area contributed by atoms with Gasteiger partial charge in [-0.2, -0.15) is 0 Å². The van der Waals surface area contributed by atoms with Gasteiger partial charge in [0.25, 0.3) is 0 Å². The predicted octanol–water partition coefficient (Wildman–Crippen LogP) is 2.59. The highest BCUT2D eigenvalue weighted by Gasteiger charge is 2.08. The third kappa shape index (κ3) is 2.87. The van der Waals surface area contributed by atoms with Crippen molar-refractivity contribution in [3.05, 3.63) is 60.0 Å². The number of hydrogen-bond donors (Lipinski definition) is 1. The van der Waals surface area contributed by atoms with Gasteiger partial charge in [-0.25, -0.2) is 0 Å². The first-order chi connectivity index (χ1) is 10.3. The summed E-state index contributed by atoms with van der Waals surface area (Å²) in [6.07, 6.45) is 1.98. The van der Waals surface area contributed by atoms with E-state index in [0.717, 1.165) is 17.2 Å². The predicted molar refractivity (Wildman–Crippen MR) is 81.2 cm³/mol. The van der Waals surface area contributed by atoms with Crippen molar-refractivity contribution in [3.8, 4) is 5.75 Å². The highest BCUT2D eigenvalue weighted by atomic mass is 16.5. The van der Waals surface area contributed by atoms with Crippen LogP contribution >= 0.6 is 0 Å². The first-order valence-corrected chi connectivity index (χ1v) is 6.94. The summed E-state index contributed by atoms with van der Waals surface area (Å²) >= 11 is 0. The van der Waals surface area contributed by atoms with E-state index in [1.54, 1.807) is 7.11 Å². The van der Waals surface area contributed by atoms with Crippen molar-refractivity contribution < 1.29 is 4.74 Å². The van der Waals surface area contributed by atoms with Crippen LogP contribution in [0.1, 0.15) is 24.4 Å². The summed E-state index contributed by atoms with van der Waals surface area (Å²) in [5.74, 6) is 1.78. The first-order valence-electron chi connectivity index (χ1n) is 6.94. The van der Waals surface area contributed by atoms with Crippen molar-refractivity contribution in [1.29, 1.82) is 0 Å². The molecule has 0 bridgehead atoms. The molecule has 0 aliphatic heterocycles. The summed E-state index contributed by atoms with van der Waals surface area (Å²) in [5.41, 5.74) is 2.08. The van der Waals surface area contributed by atoms with Gasteiger partial charge in [-0.3, -0.25) is 4.40 Å². The Kier molecular flexibility index (Phi) is 3.83. The Balaban J connectivity index is 1.68. The molecule has 3 rings (SSSR count). The summed E-state index contributed by atoms with van der Waals surface area (Å²) in [4.78, 5) is 0. The molecule has 0 radical (unpaired) electrons. The lowest BCUT2D eigenvalue weighted by Crippen LogP contribution is -2.19. The molecule has 108 valence electrons. The fraction of sp³-hybridized carbons (Fsp3) is 0.250. The van der Waals surface area contributed by atoms with Crippen LogP contribution in [-0.2, 0) is 6.54 Å². The van der Waals surface area contributed by atoms with Crippen molar-refractivity contribution in [3.63, 3.8) is 0 Å². The van der Waals surface area contributed by atoms with Gasteiger partial charge in [0, 0.05) is 12.2 Å². The number of methoxy groups -OCH3 is 1. The molecule has 0 aliphatic rings. The molecule has 1 aromatic carbocycles. The summed E-state index contributed by atoms with van der Waals surface area (Å²) in [6, 6.07) is 14.2. The number of pyridine rings is 1. The number of nitrogens with zero attached hydrogens (tertiary/aromatic N) is 3. The molecule has 2 aromatic heterocycles. The molecule has 3 aromatic rings. The van der Waals surface area contributed by atoms with E-state index < -0.39 is 0 Å². The minimum absolute atomic E-state index is 0.229. The van der Waals surface area contributed by atoms with Gasteiger partial charge < -0.3 is 10.1 Å². The fourth-order valence-electron chi connectivity index (χ4n) is 2.27. The molecule has 0 saturated heterocycles. The van der Waals surface area contributed by atoms with E-state index in [0.29, 0.717) is 6.54 Å². The Morgan fingerprint density at radius 2 is 1.95 bits per heavy atom. The highest BCUT2D eigenvalue weighted by Crippen LogP contribution is 2.17. The van der Waals surface area contributed by atoms with Gasteiger partial charge in [-0.1, -0.05) is 18.2 Å². The van der Waals surface area contributed by atoms with E-state index >= 15 is 0 Å². The van der Waals surface area contributed by atoms with E-state index in [4.69, 9.17) is 4.74 Å². The lowest BCUT2D eigenvalue weighted by atomic mass is 10.1. The van der Waals surface area contributed by atoms with Gasteiger partial charge in [0.05, 0.1) is 13.7 Å². The average molecular weight is 282 g/mol. The molecule has 2 heterocycles. The van der Waals surface area contributed by atoms with Gasteiger partial charge in [-0.15, -0.1) is 10.2 Å². The second-order valence-electron chi connectivity index (χ2n) is 4.92. The molecular weight excluding hydrogens is 264 g/mol. The summed E-state index contributed by atoms with van der Waals surface area (Å²) in [6.45, 7) is 2.80. The van der Waals surface area contributed by atoms with Crippen molar-refractivity contribution in [1.82, 2.24) is 19.9 Å². The van der Waals surface area contributed by atoms with E-state index in [9.17, 15) is 0 Å². The molecular formula is C16H18N4O. The lowest BCUT2D eigenvalue weighted by molar-refractivity contribution is 0.414. The van der Waals surface area contributed by atoms with Crippen molar-refractivity contribution in [2.45, 2.75) is 19.5 Å². The fourth-order valence-corrected chi connectivity index (χ4v) is 2.27. The van der Waals surface area contributed by atoms with E-state index in [-0.39, 0.29) is 6.04 Å². The SMILES string of the molecule is COc1ccc(C(C)NCc2nnc3ccccn23)cc1. The molecule has 0 spiro atoms. The largest absolute Gasteiger partial charge is 0.497 e. The topological polar surface area (TPSA) is 51.5 Å². The molecule has 1 atom stereocenters. The molecule has 5 heteroatoms. The van der Waals surface area contributed by atoms with Crippen LogP contribution in [0.4, 0.5) is 0 Å². The lowest BCUT2D eigenvalue weighted by Gasteiger charge is -2.14. The Morgan fingerprint density at radius 3 is 2.71 bits per heavy atom. The molecule has 0 amide bonds. The monoisotopic (exact) mass is 282 g/mol. The third-order valence-electron chi connectivity index (χ3n) is 3.57. The van der Waals surface area contributed by atoms with Gasteiger partial charge in [0.15, 0.2) is 11.5 Å². The normalized spacial score (nSPS) is 12.5. The highest BCUT2D eigenvalue weighted by molar-refractivity contribution is 5.37. The van der Waals surface area contributed by atoms with Crippen LogP contribution in [0.15, 0.2) is 48.7 Å². The van der Waals surface area contributed by atoms with Crippen LogP contribution < -0.4 is 10.1 Å². The van der Waals surface area contributed by atoms with E-state index in [2.05, 4.69) is 34.6 Å². The smallest absolute Gasteiger partial charge is 0.160 e. The maximum atomic E-state index is 5.17. The number of fused-ring (bicyclic) bond motifs is 1. The van der Waals surface area contributed by atoms with Crippen molar-refractivity contribution in [2.75, 3.05) is 7.11 Å². The molecule has 0 fully saturated rings. The Hall–Kier alpha value is -2.40. The number of rotatable bonds is 5. The summed E-state index contributed by atoms with van der Waals surface area (Å²) in [7, 11) is 1.67. The van der Waals surface area contributed by atoms with Crippen LogP contribution in [0.5, 0.6) is 5.75 Å². The van der Waals surface area contributed by atoms with Gasteiger partial charge >= 0.3 is 0 Å². The molecule has 21 heavy (non-hydrogen) atoms. The third-order valence-corrected chi connectivity index (χ3v) is 3.57. The van der Waals surface area contributed by atoms with Crippen LogP contribution in [0.2, 0.25) is 0 Å². The van der Waals surface area contributed by atoms with Gasteiger partial charge in [0.2, 0.25) is 0 Å². The second-order valence-corrected chi connectivity index (χ2v) is 4.92. The van der Waals surface area contributed by atoms with E-state index in [1.807, 2.05) is 40.9 Å². The van der Waals surface area contributed by atoms with Crippen LogP contribution in [0.25, 0.3) is 5.65 Å². The number of nitrogens with one attached hydrogen (secondary N) is 1. The van der Waals surface area contributed by atoms with Crippen molar-refractivity contribution >= 4 is 5.65 Å². The Bertz CT molecular complexity index is 720. The Morgan fingerprint density at radius 1 is 1.14 bits per heavy atom. The van der Waals surface area contributed by atoms with Crippen LogP contribution in [-0.4, -0.2) is 21.7 Å². The second kappa shape index (κ2) is 5.93. The standard InChI is InChI=1S/C16H18N4O/c1-12(13-6-8-14(21-2)9-7-13)17-11-16-19-18-15-5-3-4-10-20(15)16/h3-10,12,17H,11H2,1-2H3. The molecule has 0 aliphatic carbocycles. The Labute approximate surface area is 123 Å². The minimum atomic E-state index is 0.229. The molecule has 1 unspecified atom stereocenters. The van der Waals surface area contributed by atoms with Gasteiger partial charge in [0.1, 0.15) is 5.75 Å². The van der Waals surface area contributed by atoms with Crippen LogP contribution in [0, 0.1) is 0 Å². The van der Waals surface area contributed by atoms with Crippen LogP contribution in [0.3, 0.4) is 0 Å². The zero-order chi connectivity index (χ0) is 14.7. The van der Waals surface area contributed by atoms with Gasteiger partial charge in [-0.05, 0) is 36.8 Å². The van der Waals surface area contributed by atoms with E-state index in [1.165, 1.54) is 5.56 Å². The zero-order valence-corrected chi connectivity index (χ0v) is 12.2. The number of benzene rings is 1. The first kappa shape index (κ1) is 13.6. The summed E-state index contributed by atoms with van der Waals surface area (Å²) in [5, 5.41) is 11.8. The molecule has 5 nitrogen and oxygen atoms in total. The summed E-state index contributed by atoms with van der Waals surface area (Å²) < 4.78 is 7.17. The molecule has 0 saturated carbocycles. The zero-order valence-electron chi connectivity index (χ0n) is 12.2. The molecule has 1 N–H and O–H groups in total. The minimum Gasteiger partial charge on any atom is -0.497 e. The quantitative estimate of drug-likeness (QED) is 0.781. The number of aromatic nitrogens is 3. The number of hydrogen-bond acceptors (Lipinski definition) is 4.